The number of aryl methyl sites for hydroxylation is 1. The first-order valence-corrected chi connectivity index (χ1v) is 10.4. The summed E-state index contributed by atoms with van der Waals surface area (Å²) in [5, 5.41) is 2.46. The van der Waals surface area contributed by atoms with Gasteiger partial charge in [0.05, 0.1) is 5.69 Å². The highest BCUT2D eigenvalue weighted by atomic mass is 16.2. The van der Waals surface area contributed by atoms with E-state index < -0.39 is 0 Å². The highest BCUT2D eigenvalue weighted by Gasteiger charge is 2.31. The SMILES string of the molecule is CCN1C(=O)/C(=C/c2cc(C)n(-c3ccc4ccccc4c3)c2C)c2ccccc21. The summed E-state index contributed by atoms with van der Waals surface area (Å²) in [6.45, 7) is 6.93. The molecule has 148 valence electrons. The lowest BCUT2D eigenvalue weighted by Gasteiger charge is -2.13. The van der Waals surface area contributed by atoms with Crippen LogP contribution in [0.1, 0.15) is 29.4 Å². The number of rotatable bonds is 3. The Morgan fingerprint density at radius 2 is 1.60 bits per heavy atom. The van der Waals surface area contributed by atoms with Crippen LogP contribution >= 0.6 is 0 Å². The van der Waals surface area contributed by atoms with Crippen LogP contribution < -0.4 is 4.90 Å². The molecule has 1 aromatic heterocycles. The molecule has 0 unspecified atom stereocenters. The van der Waals surface area contributed by atoms with Crippen molar-refractivity contribution in [3.63, 3.8) is 0 Å². The number of amides is 1. The number of para-hydroxylation sites is 1. The van der Waals surface area contributed by atoms with Crippen molar-refractivity contribution in [2.45, 2.75) is 20.8 Å². The maximum absolute atomic E-state index is 13.1. The van der Waals surface area contributed by atoms with Crippen LogP contribution in [0.25, 0.3) is 28.1 Å². The molecule has 3 heteroatoms. The molecular formula is C27H24N2O. The fourth-order valence-electron chi connectivity index (χ4n) is 4.56. The maximum Gasteiger partial charge on any atom is 0.258 e. The van der Waals surface area contributed by atoms with Gasteiger partial charge in [0.2, 0.25) is 0 Å². The van der Waals surface area contributed by atoms with Gasteiger partial charge < -0.3 is 9.47 Å². The first-order valence-electron chi connectivity index (χ1n) is 10.4. The molecule has 0 atom stereocenters. The lowest BCUT2D eigenvalue weighted by Crippen LogP contribution is -2.25. The molecule has 30 heavy (non-hydrogen) atoms. The van der Waals surface area contributed by atoms with Crippen molar-refractivity contribution in [3.8, 4) is 5.69 Å². The van der Waals surface area contributed by atoms with Gasteiger partial charge >= 0.3 is 0 Å². The lowest BCUT2D eigenvalue weighted by atomic mass is 10.0. The number of hydrogen-bond acceptors (Lipinski definition) is 1. The average molecular weight is 393 g/mol. The minimum Gasteiger partial charge on any atom is -0.318 e. The predicted molar refractivity (Wildman–Crippen MR) is 125 cm³/mol. The molecule has 1 aliphatic rings. The van der Waals surface area contributed by atoms with Gasteiger partial charge in [0.1, 0.15) is 0 Å². The van der Waals surface area contributed by atoms with E-state index in [1.54, 1.807) is 0 Å². The number of anilines is 1. The van der Waals surface area contributed by atoms with Crippen LogP contribution in [-0.2, 0) is 4.79 Å². The van der Waals surface area contributed by atoms with Gasteiger partial charge in [-0.3, -0.25) is 4.79 Å². The summed E-state index contributed by atoms with van der Waals surface area (Å²) in [5.41, 5.74) is 7.29. The van der Waals surface area contributed by atoms with Crippen molar-refractivity contribution in [2.75, 3.05) is 11.4 Å². The van der Waals surface area contributed by atoms with Crippen LogP contribution in [0.3, 0.4) is 0 Å². The molecule has 0 saturated carbocycles. The maximum atomic E-state index is 13.1. The Morgan fingerprint density at radius 3 is 2.40 bits per heavy atom. The Morgan fingerprint density at radius 1 is 0.867 bits per heavy atom. The van der Waals surface area contributed by atoms with Gasteiger partial charge in [0.15, 0.2) is 0 Å². The van der Waals surface area contributed by atoms with Gasteiger partial charge in [-0.05, 0) is 67.4 Å². The number of carbonyl (C=O) groups is 1. The van der Waals surface area contributed by atoms with Gasteiger partial charge in [0.25, 0.3) is 5.91 Å². The minimum absolute atomic E-state index is 0.0780. The topological polar surface area (TPSA) is 25.2 Å². The van der Waals surface area contributed by atoms with Crippen molar-refractivity contribution in [1.82, 2.24) is 4.57 Å². The molecule has 1 aliphatic heterocycles. The Balaban J connectivity index is 1.63. The molecule has 0 spiro atoms. The monoisotopic (exact) mass is 392 g/mol. The zero-order valence-electron chi connectivity index (χ0n) is 17.5. The fourth-order valence-corrected chi connectivity index (χ4v) is 4.56. The third-order valence-electron chi connectivity index (χ3n) is 6.04. The number of carbonyl (C=O) groups excluding carboxylic acids is 1. The fraction of sp³-hybridized carbons (Fsp3) is 0.148. The van der Waals surface area contributed by atoms with Crippen LogP contribution in [-0.4, -0.2) is 17.0 Å². The van der Waals surface area contributed by atoms with E-state index >= 15 is 0 Å². The van der Waals surface area contributed by atoms with E-state index in [2.05, 4.69) is 73.0 Å². The second-order valence-corrected chi connectivity index (χ2v) is 7.82. The molecule has 1 amide bonds. The summed E-state index contributed by atoms with van der Waals surface area (Å²) in [6, 6.07) is 25.2. The average Bonchev–Trinajstić information content (AvgIpc) is 3.20. The van der Waals surface area contributed by atoms with Crippen molar-refractivity contribution < 1.29 is 4.79 Å². The third-order valence-corrected chi connectivity index (χ3v) is 6.04. The van der Waals surface area contributed by atoms with E-state index in [9.17, 15) is 4.79 Å². The molecule has 0 bridgehead atoms. The van der Waals surface area contributed by atoms with Crippen molar-refractivity contribution >= 4 is 34.0 Å². The van der Waals surface area contributed by atoms with Gasteiger partial charge in [-0.1, -0.05) is 48.5 Å². The standard InChI is InChI=1S/C27H24N2O/c1-4-28-26-12-8-7-11-24(26)25(27(28)30)17-22-15-18(2)29(19(22)3)23-14-13-20-9-5-6-10-21(20)16-23/h5-17H,4H2,1-3H3/b25-17+. The van der Waals surface area contributed by atoms with Crippen LogP contribution in [0.15, 0.2) is 72.8 Å². The van der Waals surface area contributed by atoms with Gasteiger partial charge in [0, 0.05) is 34.8 Å². The summed E-state index contributed by atoms with van der Waals surface area (Å²) in [4.78, 5) is 14.9. The third kappa shape index (κ3) is 2.78. The van der Waals surface area contributed by atoms with E-state index in [-0.39, 0.29) is 5.91 Å². The van der Waals surface area contributed by atoms with Gasteiger partial charge in [-0.2, -0.15) is 0 Å². The summed E-state index contributed by atoms with van der Waals surface area (Å²) in [7, 11) is 0. The van der Waals surface area contributed by atoms with E-state index in [4.69, 9.17) is 0 Å². The second-order valence-electron chi connectivity index (χ2n) is 7.82. The zero-order valence-corrected chi connectivity index (χ0v) is 17.5. The first kappa shape index (κ1) is 18.4. The van der Waals surface area contributed by atoms with Crippen LogP contribution in [0.4, 0.5) is 5.69 Å². The molecular weight excluding hydrogens is 368 g/mol. The molecule has 2 heterocycles. The Labute approximate surface area is 176 Å². The highest BCUT2D eigenvalue weighted by Crippen LogP contribution is 2.38. The van der Waals surface area contributed by atoms with Crippen molar-refractivity contribution in [2.24, 2.45) is 0 Å². The Bertz CT molecular complexity index is 1330. The van der Waals surface area contributed by atoms with Crippen molar-refractivity contribution in [3.05, 3.63) is 95.3 Å². The summed E-state index contributed by atoms with van der Waals surface area (Å²) >= 11 is 0. The van der Waals surface area contributed by atoms with Crippen LogP contribution in [0.5, 0.6) is 0 Å². The number of nitrogens with zero attached hydrogens (tertiary/aromatic N) is 2. The van der Waals surface area contributed by atoms with Crippen LogP contribution in [0.2, 0.25) is 0 Å². The molecule has 0 radical (unpaired) electrons. The second kappa shape index (κ2) is 7.03. The van der Waals surface area contributed by atoms with E-state index in [0.717, 1.165) is 39.5 Å². The largest absolute Gasteiger partial charge is 0.318 e. The molecule has 3 nitrogen and oxygen atoms in total. The van der Waals surface area contributed by atoms with E-state index in [0.29, 0.717) is 6.54 Å². The molecule has 0 fully saturated rings. The predicted octanol–water partition coefficient (Wildman–Crippen LogP) is 6.15. The molecule has 0 aliphatic carbocycles. The summed E-state index contributed by atoms with van der Waals surface area (Å²) < 4.78 is 2.27. The summed E-state index contributed by atoms with van der Waals surface area (Å²) in [6.07, 6.45) is 2.05. The van der Waals surface area contributed by atoms with E-state index in [1.165, 1.54) is 10.8 Å². The Hall–Kier alpha value is -3.59. The quantitative estimate of drug-likeness (QED) is 0.384. The smallest absolute Gasteiger partial charge is 0.258 e. The lowest BCUT2D eigenvalue weighted by molar-refractivity contribution is -0.112. The molecule has 0 N–H and O–H groups in total. The number of aromatic nitrogens is 1. The van der Waals surface area contributed by atoms with Crippen LogP contribution in [0, 0.1) is 13.8 Å². The summed E-state index contributed by atoms with van der Waals surface area (Å²) in [5.74, 6) is 0.0780. The van der Waals surface area contributed by atoms with Crippen molar-refractivity contribution in [1.29, 1.82) is 0 Å². The molecule has 4 aromatic rings. The molecule has 3 aromatic carbocycles. The van der Waals surface area contributed by atoms with Gasteiger partial charge in [-0.15, -0.1) is 0 Å². The Kier molecular flexibility index (Phi) is 4.32. The minimum atomic E-state index is 0.0780. The number of fused-ring (bicyclic) bond motifs is 2. The molecule has 5 rings (SSSR count). The van der Waals surface area contributed by atoms with E-state index in [1.807, 2.05) is 36.1 Å². The normalized spacial score (nSPS) is 14.7. The number of hydrogen-bond donors (Lipinski definition) is 0. The molecule has 0 saturated heterocycles. The zero-order chi connectivity index (χ0) is 20.8. The number of benzene rings is 3. The van der Waals surface area contributed by atoms with Gasteiger partial charge in [-0.25, -0.2) is 0 Å². The highest BCUT2D eigenvalue weighted by molar-refractivity contribution is 6.35. The first-order chi connectivity index (χ1) is 14.6. The number of likely N-dealkylation sites (N-methyl/N-ethyl adjacent to an activating group) is 1.